The van der Waals surface area contributed by atoms with Gasteiger partial charge in [-0.2, -0.15) is 0 Å². The maximum atomic E-state index is 11.3. The number of amides is 1. The summed E-state index contributed by atoms with van der Waals surface area (Å²) in [6.45, 7) is 1.23. The fourth-order valence-corrected chi connectivity index (χ4v) is 2.12. The van der Waals surface area contributed by atoms with Crippen LogP contribution in [0.25, 0.3) is 0 Å². The fourth-order valence-electron chi connectivity index (χ4n) is 1.38. The Hall–Kier alpha value is -1.20. The first-order valence-electron chi connectivity index (χ1n) is 5.38. The van der Waals surface area contributed by atoms with Crippen molar-refractivity contribution in [1.29, 1.82) is 0 Å². The lowest BCUT2D eigenvalue weighted by Gasteiger charge is -2.20. The van der Waals surface area contributed by atoms with Gasteiger partial charge in [0.05, 0.1) is 0 Å². The molecule has 18 heavy (non-hydrogen) atoms. The van der Waals surface area contributed by atoms with Gasteiger partial charge in [0, 0.05) is 6.42 Å². The number of aliphatic hydroxyl groups excluding tert-OH is 1. The van der Waals surface area contributed by atoms with Crippen molar-refractivity contribution in [1.82, 2.24) is 5.32 Å². The number of benzene rings is 1. The summed E-state index contributed by atoms with van der Waals surface area (Å²) >= 11 is 0. The molecule has 6 nitrogen and oxygen atoms in total. The molecule has 0 saturated heterocycles. The molecule has 0 aliphatic carbocycles. The smallest absolute Gasteiger partial charge is 0.347 e. The van der Waals surface area contributed by atoms with Crippen molar-refractivity contribution < 1.29 is 24.3 Å². The van der Waals surface area contributed by atoms with E-state index >= 15 is 0 Å². The van der Waals surface area contributed by atoms with Gasteiger partial charge >= 0.3 is 7.60 Å². The van der Waals surface area contributed by atoms with Crippen LogP contribution in [-0.2, 0) is 15.8 Å². The van der Waals surface area contributed by atoms with Gasteiger partial charge in [0.2, 0.25) is 5.91 Å². The second-order valence-corrected chi connectivity index (χ2v) is 5.78. The molecule has 1 aromatic carbocycles. The van der Waals surface area contributed by atoms with Crippen LogP contribution in [0.4, 0.5) is 0 Å². The molecule has 1 rings (SSSR count). The van der Waals surface area contributed by atoms with Crippen molar-refractivity contribution in [3.63, 3.8) is 0 Å². The molecule has 1 amide bonds. The Labute approximate surface area is 105 Å². The normalized spacial score (nSPS) is 14.9. The Morgan fingerprint density at radius 2 is 1.89 bits per heavy atom. The number of aliphatic hydroxyl groups is 1. The van der Waals surface area contributed by atoms with E-state index in [2.05, 4.69) is 5.32 Å². The summed E-state index contributed by atoms with van der Waals surface area (Å²) in [5.41, 5.74) is 0.691. The summed E-state index contributed by atoms with van der Waals surface area (Å²) in [6, 6.07) is 8.67. The highest BCUT2D eigenvalue weighted by Gasteiger charge is 2.31. The quantitative estimate of drug-likeness (QED) is 0.574. The standard InChI is InChI=1S/C11H16NO5P/c1-8(13)11(14)12-10(18(15,16)17)7-9-5-3-2-4-6-9/h2-6,8,10,13H,7H2,1H3,(H,12,14)(H2,15,16,17)/t8-,10+/m0/s1. The van der Waals surface area contributed by atoms with E-state index in [1.165, 1.54) is 6.92 Å². The first kappa shape index (κ1) is 14.9. The van der Waals surface area contributed by atoms with Crippen molar-refractivity contribution >= 4 is 13.5 Å². The molecule has 100 valence electrons. The highest BCUT2D eigenvalue weighted by atomic mass is 31.2. The molecule has 7 heteroatoms. The van der Waals surface area contributed by atoms with Crippen molar-refractivity contribution in [2.75, 3.05) is 0 Å². The van der Waals surface area contributed by atoms with Crippen LogP contribution in [0.3, 0.4) is 0 Å². The number of nitrogens with one attached hydrogen (secondary N) is 1. The van der Waals surface area contributed by atoms with Gasteiger partial charge in [-0.25, -0.2) is 0 Å². The minimum atomic E-state index is -4.48. The molecule has 2 atom stereocenters. The maximum absolute atomic E-state index is 11.3. The zero-order valence-corrected chi connectivity index (χ0v) is 10.7. The van der Waals surface area contributed by atoms with Crippen molar-refractivity contribution in [2.24, 2.45) is 0 Å². The maximum Gasteiger partial charge on any atom is 0.347 e. The molecule has 0 heterocycles. The molecule has 0 spiro atoms. The van der Waals surface area contributed by atoms with Gasteiger partial charge in [-0.15, -0.1) is 0 Å². The monoisotopic (exact) mass is 273 g/mol. The minimum absolute atomic E-state index is 0.00355. The summed E-state index contributed by atoms with van der Waals surface area (Å²) in [4.78, 5) is 29.7. The zero-order chi connectivity index (χ0) is 13.8. The highest BCUT2D eigenvalue weighted by Crippen LogP contribution is 2.41. The molecule has 0 bridgehead atoms. The molecular weight excluding hydrogens is 257 g/mol. The van der Waals surface area contributed by atoms with Crippen LogP contribution in [0, 0.1) is 0 Å². The van der Waals surface area contributed by atoms with Gasteiger partial charge in [0.15, 0.2) is 0 Å². The van der Waals surface area contributed by atoms with Crippen LogP contribution in [0.5, 0.6) is 0 Å². The van der Waals surface area contributed by atoms with Crippen LogP contribution in [0.2, 0.25) is 0 Å². The average Bonchev–Trinajstić information content (AvgIpc) is 2.28. The Morgan fingerprint density at radius 3 is 2.33 bits per heavy atom. The van der Waals surface area contributed by atoms with Gasteiger partial charge < -0.3 is 20.2 Å². The largest absolute Gasteiger partial charge is 0.384 e. The first-order valence-corrected chi connectivity index (χ1v) is 7.06. The molecule has 0 fully saturated rings. The fraction of sp³-hybridized carbons (Fsp3) is 0.364. The summed E-state index contributed by atoms with van der Waals surface area (Å²) < 4.78 is 11.3. The van der Waals surface area contributed by atoms with E-state index in [1.807, 2.05) is 0 Å². The molecule has 1 aromatic rings. The third-order valence-corrected chi connectivity index (χ3v) is 3.49. The van der Waals surface area contributed by atoms with E-state index in [4.69, 9.17) is 5.11 Å². The molecular formula is C11H16NO5P. The zero-order valence-electron chi connectivity index (χ0n) is 9.85. The number of hydrogen-bond donors (Lipinski definition) is 4. The lowest BCUT2D eigenvalue weighted by molar-refractivity contribution is -0.128. The van der Waals surface area contributed by atoms with Crippen LogP contribution in [-0.4, -0.2) is 32.7 Å². The van der Waals surface area contributed by atoms with Crippen LogP contribution in [0.15, 0.2) is 30.3 Å². The molecule has 4 N–H and O–H groups in total. The van der Waals surface area contributed by atoms with Crippen molar-refractivity contribution in [3.05, 3.63) is 35.9 Å². The SMILES string of the molecule is C[C@H](O)C(=O)N[C@@H](Cc1ccccc1)P(=O)(O)O. The van der Waals surface area contributed by atoms with Crippen LogP contribution >= 0.6 is 7.60 Å². The molecule has 0 saturated carbocycles. The summed E-state index contributed by atoms with van der Waals surface area (Å²) in [5, 5.41) is 11.2. The first-order chi connectivity index (χ1) is 8.30. The summed E-state index contributed by atoms with van der Waals surface area (Å²) in [7, 11) is -4.48. The van der Waals surface area contributed by atoms with E-state index in [1.54, 1.807) is 30.3 Å². The molecule has 0 aliphatic heterocycles. The third kappa shape index (κ3) is 4.58. The van der Waals surface area contributed by atoms with Gasteiger partial charge in [0.25, 0.3) is 0 Å². The summed E-state index contributed by atoms with van der Waals surface area (Å²) in [6.07, 6.45) is -1.31. The summed E-state index contributed by atoms with van der Waals surface area (Å²) in [5.74, 6) is -2.14. The molecule has 0 aliphatic rings. The Bertz CT molecular complexity index is 442. The van der Waals surface area contributed by atoms with E-state index in [-0.39, 0.29) is 6.42 Å². The number of rotatable bonds is 5. The minimum Gasteiger partial charge on any atom is -0.384 e. The second kappa shape index (κ2) is 6.11. The lowest BCUT2D eigenvalue weighted by atomic mass is 10.1. The van der Waals surface area contributed by atoms with E-state index < -0.39 is 25.4 Å². The number of hydrogen-bond acceptors (Lipinski definition) is 3. The van der Waals surface area contributed by atoms with E-state index in [0.717, 1.165) is 0 Å². The van der Waals surface area contributed by atoms with E-state index in [0.29, 0.717) is 5.56 Å². The number of carbonyl (C=O) groups is 1. The number of carbonyl (C=O) groups excluding carboxylic acids is 1. The lowest BCUT2D eigenvalue weighted by Crippen LogP contribution is -2.41. The molecule has 0 unspecified atom stereocenters. The predicted octanol–water partition coefficient (Wildman–Crippen LogP) is 0.230. The van der Waals surface area contributed by atoms with E-state index in [9.17, 15) is 19.1 Å². The predicted molar refractivity (Wildman–Crippen MR) is 65.8 cm³/mol. The van der Waals surface area contributed by atoms with Gasteiger partial charge in [-0.1, -0.05) is 30.3 Å². The van der Waals surface area contributed by atoms with Crippen LogP contribution < -0.4 is 5.32 Å². The average molecular weight is 273 g/mol. The molecule has 0 aromatic heterocycles. The Morgan fingerprint density at radius 1 is 1.33 bits per heavy atom. The van der Waals surface area contributed by atoms with Crippen molar-refractivity contribution in [2.45, 2.75) is 25.2 Å². The van der Waals surface area contributed by atoms with Gasteiger partial charge in [-0.05, 0) is 12.5 Å². The van der Waals surface area contributed by atoms with Gasteiger partial charge in [-0.3, -0.25) is 9.36 Å². The second-order valence-electron chi connectivity index (χ2n) is 3.98. The van der Waals surface area contributed by atoms with Gasteiger partial charge in [0.1, 0.15) is 11.9 Å². The molecule has 0 radical (unpaired) electrons. The third-order valence-electron chi connectivity index (χ3n) is 2.37. The Kier molecular flexibility index (Phi) is 5.04. The van der Waals surface area contributed by atoms with Crippen molar-refractivity contribution in [3.8, 4) is 0 Å². The van der Waals surface area contributed by atoms with Crippen LogP contribution in [0.1, 0.15) is 12.5 Å². The topological polar surface area (TPSA) is 107 Å². The highest BCUT2D eigenvalue weighted by molar-refractivity contribution is 7.52. The Balaban J connectivity index is 2.81.